The fraction of sp³-hybridized carbons (Fsp3) is 0.296. The van der Waals surface area contributed by atoms with Crippen molar-refractivity contribution in [3.63, 3.8) is 0 Å². The molecule has 0 aliphatic carbocycles. The molecule has 198 valence electrons. The van der Waals surface area contributed by atoms with Crippen LogP contribution in [0, 0.1) is 17.8 Å². The molecule has 0 radical (unpaired) electrons. The Bertz CT molecular complexity index is 1430. The molecule has 1 saturated heterocycles. The highest BCUT2D eigenvalue weighted by Crippen LogP contribution is 2.22. The van der Waals surface area contributed by atoms with Crippen molar-refractivity contribution in [1.29, 1.82) is 0 Å². The molecule has 1 aromatic heterocycles. The third kappa shape index (κ3) is 6.00. The Balaban J connectivity index is 1.44. The van der Waals surface area contributed by atoms with Gasteiger partial charge in [0.25, 0.3) is 5.91 Å². The van der Waals surface area contributed by atoms with Gasteiger partial charge in [-0.05, 0) is 53.8 Å². The number of carbonyl (C=O) groups excluding carboxylic acids is 1. The summed E-state index contributed by atoms with van der Waals surface area (Å²) in [6, 6.07) is 13.9. The van der Waals surface area contributed by atoms with Gasteiger partial charge in [-0.15, -0.1) is 0 Å². The molecular weight excluding hydrogens is 506 g/mol. The van der Waals surface area contributed by atoms with Gasteiger partial charge in [0.1, 0.15) is 11.7 Å². The zero-order chi connectivity index (χ0) is 27.4. The van der Waals surface area contributed by atoms with Crippen LogP contribution in [0.25, 0.3) is 10.8 Å². The number of amides is 1. The first-order valence-corrected chi connectivity index (χ1v) is 13.1. The van der Waals surface area contributed by atoms with Crippen LogP contribution in [0.4, 0.5) is 5.69 Å². The number of hydrogen-bond acceptors (Lipinski definition) is 7. The highest BCUT2D eigenvalue weighted by molar-refractivity contribution is 7.76. The number of aromatic nitrogens is 1. The SMILES string of the molecule is CC(C)C(C(=O)O)N(N1CCN(c2ccc(C#Cc3ccc4ccnc(C(N)=O)c4c3)cc2)CC1)S(=O)[O-]. The number of nitrogens with zero attached hydrogens (tertiary/aromatic N) is 4. The molecule has 2 unspecified atom stereocenters. The number of piperazine rings is 1. The molecule has 1 amide bonds. The van der Waals surface area contributed by atoms with E-state index >= 15 is 0 Å². The van der Waals surface area contributed by atoms with Gasteiger partial charge in [0.15, 0.2) is 0 Å². The summed E-state index contributed by atoms with van der Waals surface area (Å²) in [5.74, 6) is 4.10. The Morgan fingerprint density at radius 1 is 1.05 bits per heavy atom. The second-order valence-electron chi connectivity index (χ2n) is 9.24. The molecule has 0 saturated carbocycles. The highest BCUT2D eigenvalue weighted by atomic mass is 32.2. The van der Waals surface area contributed by atoms with Gasteiger partial charge in [-0.1, -0.05) is 31.8 Å². The molecule has 4 rings (SSSR count). The number of carboxylic acids is 1. The first-order chi connectivity index (χ1) is 18.2. The van der Waals surface area contributed by atoms with Crippen LogP contribution in [-0.2, 0) is 16.1 Å². The Labute approximate surface area is 223 Å². The Kier molecular flexibility index (Phi) is 8.38. The smallest absolute Gasteiger partial charge is 0.323 e. The van der Waals surface area contributed by atoms with Crippen molar-refractivity contribution in [2.45, 2.75) is 19.9 Å². The van der Waals surface area contributed by atoms with Gasteiger partial charge >= 0.3 is 5.97 Å². The number of rotatable bonds is 7. The summed E-state index contributed by atoms with van der Waals surface area (Å²) in [6.45, 7) is 5.20. The van der Waals surface area contributed by atoms with E-state index in [1.54, 1.807) is 31.1 Å². The van der Waals surface area contributed by atoms with Gasteiger partial charge in [-0.3, -0.25) is 18.8 Å². The van der Waals surface area contributed by atoms with Crippen LogP contribution in [-0.4, -0.2) is 72.4 Å². The summed E-state index contributed by atoms with van der Waals surface area (Å²) in [5, 5.41) is 12.7. The van der Waals surface area contributed by atoms with E-state index in [4.69, 9.17) is 5.73 Å². The molecule has 38 heavy (non-hydrogen) atoms. The quantitative estimate of drug-likeness (QED) is 0.346. The zero-order valence-electron chi connectivity index (χ0n) is 21.0. The van der Waals surface area contributed by atoms with E-state index in [2.05, 4.69) is 21.7 Å². The minimum Gasteiger partial charge on any atom is -0.759 e. The lowest BCUT2D eigenvalue weighted by Crippen LogP contribution is -2.60. The maximum atomic E-state index is 11.9. The predicted octanol–water partition coefficient (Wildman–Crippen LogP) is 1.98. The zero-order valence-corrected chi connectivity index (χ0v) is 21.9. The number of fused-ring (bicyclic) bond motifs is 1. The van der Waals surface area contributed by atoms with E-state index < -0.39 is 29.2 Å². The molecule has 10 nitrogen and oxygen atoms in total. The standard InChI is InChI=1S/C27H29N5O5S/c1-18(2)25(27(34)35)32(38(36)37)31-15-13-30(14-16-31)22-9-6-19(7-10-22)3-4-20-5-8-21-11-12-29-24(26(28)33)23(21)17-20/h5-12,17-18,25H,13-16H2,1-2H3,(H2,28,33)(H,34,35)(H,36,37)/p-1. The Morgan fingerprint density at radius 3 is 2.26 bits per heavy atom. The van der Waals surface area contributed by atoms with E-state index in [1.807, 2.05) is 42.5 Å². The van der Waals surface area contributed by atoms with Crippen LogP contribution in [0.15, 0.2) is 54.7 Å². The fourth-order valence-electron chi connectivity index (χ4n) is 4.49. The average Bonchev–Trinajstić information content (AvgIpc) is 2.89. The number of primary amides is 1. The Morgan fingerprint density at radius 2 is 1.68 bits per heavy atom. The molecule has 2 aromatic carbocycles. The van der Waals surface area contributed by atoms with Crippen molar-refractivity contribution in [3.8, 4) is 11.8 Å². The molecular formula is C27H28N5O5S-. The second kappa shape index (κ2) is 11.7. The lowest BCUT2D eigenvalue weighted by molar-refractivity contribution is -0.149. The monoisotopic (exact) mass is 534 g/mol. The van der Waals surface area contributed by atoms with Crippen LogP contribution < -0.4 is 10.6 Å². The van der Waals surface area contributed by atoms with E-state index in [0.717, 1.165) is 26.6 Å². The Hall–Kier alpha value is -3.82. The van der Waals surface area contributed by atoms with Gasteiger partial charge in [-0.2, -0.15) is 4.41 Å². The molecule has 1 aliphatic rings. The summed E-state index contributed by atoms with van der Waals surface area (Å²) in [6.07, 6.45) is 1.55. The lowest BCUT2D eigenvalue weighted by Gasteiger charge is -2.45. The van der Waals surface area contributed by atoms with E-state index in [-0.39, 0.29) is 11.6 Å². The van der Waals surface area contributed by atoms with Gasteiger partial charge in [0.2, 0.25) is 0 Å². The molecule has 3 aromatic rings. The minimum atomic E-state index is -2.69. The molecule has 1 aliphatic heterocycles. The molecule has 0 bridgehead atoms. The summed E-state index contributed by atoms with van der Waals surface area (Å²) >= 11 is -2.69. The molecule has 2 heterocycles. The van der Waals surface area contributed by atoms with E-state index in [9.17, 15) is 23.5 Å². The highest BCUT2D eigenvalue weighted by Gasteiger charge is 2.35. The molecule has 0 spiro atoms. The van der Waals surface area contributed by atoms with Gasteiger partial charge in [0.05, 0.1) is 0 Å². The van der Waals surface area contributed by atoms with Crippen molar-refractivity contribution in [2.75, 3.05) is 31.1 Å². The molecule has 3 N–H and O–H groups in total. The third-order valence-electron chi connectivity index (χ3n) is 6.39. The number of benzene rings is 2. The second-order valence-corrected chi connectivity index (χ2v) is 10.1. The van der Waals surface area contributed by atoms with Crippen molar-refractivity contribution < 1.29 is 23.5 Å². The van der Waals surface area contributed by atoms with Crippen molar-refractivity contribution in [1.82, 2.24) is 14.4 Å². The van der Waals surface area contributed by atoms with Gasteiger partial charge < -0.3 is 20.3 Å². The normalized spacial score (nSPS) is 15.8. The van der Waals surface area contributed by atoms with Crippen LogP contribution in [0.1, 0.15) is 35.5 Å². The topological polar surface area (TPSA) is 143 Å². The number of carbonyl (C=O) groups is 2. The van der Waals surface area contributed by atoms with Gasteiger partial charge in [0, 0.05) is 65.8 Å². The number of nitrogens with two attached hydrogens (primary N) is 1. The largest absolute Gasteiger partial charge is 0.759 e. The number of hydrazine groups is 1. The predicted molar refractivity (Wildman–Crippen MR) is 143 cm³/mol. The molecule has 2 atom stereocenters. The summed E-state index contributed by atoms with van der Waals surface area (Å²) < 4.78 is 24.7. The number of pyridine rings is 1. The lowest BCUT2D eigenvalue weighted by atomic mass is 10.1. The molecule has 11 heteroatoms. The van der Waals surface area contributed by atoms with Crippen molar-refractivity contribution in [3.05, 3.63) is 71.5 Å². The van der Waals surface area contributed by atoms with Crippen molar-refractivity contribution >= 4 is 39.6 Å². The fourth-order valence-corrected chi connectivity index (χ4v) is 5.36. The number of aliphatic carboxylic acids is 1. The number of anilines is 1. The number of carboxylic acid groups (broad SMARTS) is 1. The minimum absolute atomic E-state index is 0.211. The number of hydrogen-bond donors (Lipinski definition) is 2. The maximum Gasteiger partial charge on any atom is 0.323 e. The molecule has 1 fully saturated rings. The summed E-state index contributed by atoms with van der Waals surface area (Å²) in [5.41, 5.74) is 8.16. The van der Waals surface area contributed by atoms with Crippen LogP contribution in [0.5, 0.6) is 0 Å². The summed E-state index contributed by atoms with van der Waals surface area (Å²) in [7, 11) is 0. The third-order valence-corrected chi connectivity index (χ3v) is 7.16. The van der Waals surface area contributed by atoms with Crippen LogP contribution in [0.3, 0.4) is 0 Å². The average molecular weight is 535 g/mol. The first kappa shape index (κ1) is 27.2. The van der Waals surface area contributed by atoms with E-state index in [1.165, 1.54) is 0 Å². The van der Waals surface area contributed by atoms with Crippen LogP contribution in [0.2, 0.25) is 0 Å². The van der Waals surface area contributed by atoms with Crippen molar-refractivity contribution in [2.24, 2.45) is 11.7 Å². The van der Waals surface area contributed by atoms with E-state index in [0.29, 0.717) is 31.6 Å². The van der Waals surface area contributed by atoms with Crippen LogP contribution >= 0.6 is 0 Å². The first-order valence-electron chi connectivity index (χ1n) is 12.1. The summed E-state index contributed by atoms with van der Waals surface area (Å²) in [4.78, 5) is 29.6. The van der Waals surface area contributed by atoms with Gasteiger partial charge in [-0.25, -0.2) is 5.01 Å². The maximum absolute atomic E-state index is 11.9.